The van der Waals surface area contributed by atoms with Crippen LogP contribution in [0.3, 0.4) is 0 Å². The summed E-state index contributed by atoms with van der Waals surface area (Å²) in [6.45, 7) is 3.23. The van der Waals surface area contributed by atoms with Gasteiger partial charge in [0.25, 0.3) is 0 Å². The van der Waals surface area contributed by atoms with Gasteiger partial charge in [-0.05, 0) is 12.8 Å². The molecule has 0 saturated carbocycles. The summed E-state index contributed by atoms with van der Waals surface area (Å²) in [5, 5.41) is 0. The summed E-state index contributed by atoms with van der Waals surface area (Å²) >= 11 is 0. The summed E-state index contributed by atoms with van der Waals surface area (Å²) in [7, 11) is 0. The lowest BCUT2D eigenvalue weighted by molar-refractivity contribution is -0.238. The first-order chi connectivity index (χ1) is 12.4. The minimum absolute atomic E-state index is 0.0239. The molecule has 0 radical (unpaired) electrons. The molecule has 2 amide bonds. The standard InChI is InChI=1S/C17H25NO8/c1-11(19)24-10-14-13(25-12(2)20)4-7-17(26-14)23-9-3-8-18-15(21)5-6-16(18)22/h13-14,17H,3-10H2,1-2H3/t13-,14+,17-/m0/s1. The highest BCUT2D eigenvalue weighted by atomic mass is 16.7. The van der Waals surface area contributed by atoms with Crippen LogP contribution < -0.4 is 0 Å². The zero-order valence-electron chi connectivity index (χ0n) is 15.1. The third kappa shape index (κ3) is 6.06. The van der Waals surface area contributed by atoms with Crippen molar-refractivity contribution in [1.29, 1.82) is 0 Å². The molecule has 2 rings (SSSR count). The smallest absolute Gasteiger partial charge is 0.302 e. The second kappa shape index (κ2) is 9.63. The van der Waals surface area contributed by atoms with E-state index in [9.17, 15) is 19.2 Å². The number of nitrogens with zero attached hydrogens (tertiary/aromatic N) is 1. The minimum atomic E-state index is -0.594. The molecular formula is C17H25NO8. The monoisotopic (exact) mass is 371 g/mol. The molecule has 0 N–H and O–H groups in total. The maximum Gasteiger partial charge on any atom is 0.302 e. The Balaban J connectivity index is 1.75. The second-order valence-corrected chi connectivity index (χ2v) is 6.30. The van der Waals surface area contributed by atoms with Crippen LogP contribution in [-0.4, -0.2) is 66.9 Å². The third-order valence-corrected chi connectivity index (χ3v) is 4.18. The Hall–Kier alpha value is -2.00. The summed E-state index contributed by atoms with van der Waals surface area (Å²) in [5.41, 5.74) is 0. The van der Waals surface area contributed by atoms with E-state index in [2.05, 4.69) is 0 Å². The van der Waals surface area contributed by atoms with Gasteiger partial charge in [0.15, 0.2) is 6.29 Å². The van der Waals surface area contributed by atoms with Crippen LogP contribution in [0.2, 0.25) is 0 Å². The van der Waals surface area contributed by atoms with Crippen LogP contribution in [0, 0.1) is 0 Å². The highest BCUT2D eigenvalue weighted by Gasteiger charge is 2.35. The number of esters is 2. The molecule has 0 unspecified atom stereocenters. The van der Waals surface area contributed by atoms with Gasteiger partial charge in [0.1, 0.15) is 18.8 Å². The van der Waals surface area contributed by atoms with Gasteiger partial charge in [-0.2, -0.15) is 0 Å². The van der Waals surface area contributed by atoms with Gasteiger partial charge in [-0.1, -0.05) is 0 Å². The highest BCUT2D eigenvalue weighted by molar-refractivity contribution is 6.01. The molecule has 3 atom stereocenters. The van der Waals surface area contributed by atoms with Crippen molar-refractivity contribution in [1.82, 2.24) is 4.90 Å². The van der Waals surface area contributed by atoms with Crippen molar-refractivity contribution in [3.05, 3.63) is 0 Å². The third-order valence-electron chi connectivity index (χ3n) is 4.18. The molecule has 2 aliphatic rings. The van der Waals surface area contributed by atoms with E-state index in [4.69, 9.17) is 18.9 Å². The Bertz CT molecular complexity index is 533. The lowest BCUT2D eigenvalue weighted by atomic mass is 10.1. The van der Waals surface area contributed by atoms with Crippen LogP contribution in [0.5, 0.6) is 0 Å². The first-order valence-electron chi connectivity index (χ1n) is 8.77. The van der Waals surface area contributed by atoms with Crippen molar-refractivity contribution >= 4 is 23.8 Å². The molecule has 0 aromatic heterocycles. The summed E-state index contributed by atoms with van der Waals surface area (Å²) in [6.07, 6.45) is 0.512. The largest absolute Gasteiger partial charge is 0.463 e. The van der Waals surface area contributed by atoms with E-state index < -0.39 is 30.4 Å². The lowest BCUT2D eigenvalue weighted by Gasteiger charge is -2.35. The predicted molar refractivity (Wildman–Crippen MR) is 86.6 cm³/mol. The highest BCUT2D eigenvalue weighted by Crippen LogP contribution is 2.24. The Morgan fingerprint density at radius 3 is 2.42 bits per heavy atom. The molecule has 26 heavy (non-hydrogen) atoms. The Morgan fingerprint density at radius 1 is 1.12 bits per heavy atom. The van der Waals surface area contributed by atoms with Gasteiger partial charge in [0, 0.05) is 39.7 Å². The number of rotatable bonds is 8. The average Bonchev–Trinajstić information content (AvgIpc) is 2.89. The number of likely N-dealkylation sites (tertiary alicyclic amines) is 1. The number of carbonyl (C=O) groups is 4. The fraction of sp³-hybridized carbons (Fsp3) is 0.765. The molecule has 0 aromatic rings. The molecule has 146 valence electrons. The fourth-order valence-corrected chi connectivity index (χ4v) is 2.96. The number of hydrogen-bond acceptors (Lipinski definition) is 8. The van der Waals surface area contributed by atoms with Gasteiger partial charge in [-0.15, -0.1) is 0 Å². The van der Waals surface area contributed by atoms with Gasteiger partial charge in [0.05, 0.1) is 6.61 Å². The Labute approximate surface area is 151 Å². The topological polar surface area (TPSA) is 108 Å². The van der Waals surface area contributed by atoms with E-state index >= 15 is 0 Å². The number of hydrogen-bond donors (Lipinski definition) is 0. The zero-order valence-corrected chi connectivity index (χ0v) is 15.1. The SMILES string of the molecule is CC(=O)OC[C@H]1O[C@H](OCCCN2C(=O)CCC2=O)CC[C@@H]1OC(C)=O. The van der Waals surface area contributed by atoms with Gasteiger partial charge in [-0.3, -0.25) is 24.1 Å². The number of amides is 2. The average molecular weight is 371 g/mol. The van der Waals surface area contributed by atoms with E-state index in [0.717, 1.165) is 0 Å². The van der Waals surface area contributed by atoms with Gasteiger partial charge in [0.2, 0.25) is 11.8 Å². The Morgan fingerprint density at radius 2 is 1.81 bits per heavy atom. The molecule has 2 fully saturated rings. The van der Waals surface area contributed by atoms with Crippen LogP contribution in [-0.2, 0) is 38.1 Å². The second-order valence-electron chi connectivity index (χ2n) is 6.30. The zero-order chi connectivity index (χ0) is 19.1. The van der Waals surface area contributed by atoms with Crippen LogP contribution >= 0.6 is 0 Å². The van der Waals surface area contributed by atoms with E-state index in [1.807, 2.05) is 0 Å². The maximum absolute atomic E-state index is 11.5. The van der Waals surface area contributed by atoms with Gasteiger partial charge >= 0.3 is 11.9 Å². The normalized spacial score (nSPS) is 26.1. The predicted octanol–water partition coefficient (Wildman–Crippen LogP) is 0.542. The molecule has 0 spiro atoms. The molecule has 0 aromatic carbocycles. The number of ether oxygens (including phenoxy) is 4. The molecular weight excluding hydrogens is 346 g/mol. The summed E-state index contributed by atoms with van der Waals surface area (Å²) in [6, 6.07) is 0. The van der Waals surface area contributed by atoms with E-state index in [-0.39, 0.29) is 31.3 Å². The number of imide groups is 1. The molecule has 2 saturated heterocycles. The fourth-order valence-electron chi connectivity index (χ4n) is 2.96. The van der Waals surface area contributed by atoms with E-state index in [1.165, 1.54) is 18.7 Å². The van der Waals surface area contributed by atoms with E-state index in [1.54, 1.807) is 0 Å². The molecule has 0 bridgehead atoms. The molecule has 9 heteroatoms. The molecule has 2 aliphatic heterocycles. The lowest BCUT2D eigenvalue weighted by Crippen LogP contribution is -2.45. The Kier molecular flexibility index (Phi) is 7.52. The first-order valence-corrected chi connectivity index (χ1v) is 8.77. The van der Waals surface area contributed by atoms with Gasteiger partial charge < -0.3 is 18.9 Å². The van der Waals surface area contributed by atoms with Crippen molar-refractivity contribution in [2.75, 3.05) is 19.8 Å². The first kappa shape index (κ1) is 20.3. The maximum atomic E-state index is 11.5. The quantitative estimate of drug-likeness (QED) is 0.346. The molecule has 9 nitrogen and oxygen atoms in total. The van der Waals surface area contributed by atoms with Crippen molar-refractivity contribution < 1.29 is 38.1 Å². The van der Waals surface area contributed by atoms with Crippen molar-refractivity contribution in [3.8, 4) is 0 Å². The summed E-state index contributed by atoms with van der Waals surface area (Å²) in [4.78, 5) is 46.5. The van der Waals surface area contributed by atoms with Crippen LogP contribution in [0.25, 0.3) is 0 Å². The van der Waals surface area contributed by atoms with Crippen LogP contribution in [0.1, 0.15) is 46.0 Å². The van der Waals surface area contributed by atoms with Crippen LogP contribution in [0.15, 0.2) is 0 Å². The van der Waals surface area contributed by atoms with Crippen molar-refractivity contribution in [2.45, 2.75) is 64.4 Å². The summed E-state index contributed by atoms with van der Waals surface area (Å²) < 4.78 is 21.6. The minimum Gasteiger partial charge on any atom is -0.463 e. The van der Waals surface area contributed by atoms with Crippen molar-refractivity contribution in [2.24, 2.45) is 0 Å². The molecule has 0 aliphatic carbocycles. The summed E-state index contributed by atoms with van der Waals surface area (Å²) in [5.74, 6) is -1.16. The van der Waals surface area contributed by atoms with Crippen LogP contribution in [0.4, 0.5) is 0 Å². The molecule has 2 heterocycles. The van der Waals surface area contributed by atoms with Crippen molar-refractivity contribution in [3.63, 3.8) is 0 Å². The van der Waals surface area contributed by atoms with Gasteiger partial charge in [-0.25, -0.2) is 0 Å². The number of carbonyl (C=O) groups excluding carboxylic acids is 4. The van der Waals surface area contributed by atoms with E-state index in [0.29, 0.717) is 32.4 Å².